The second-order valence-electron chi connectivity index (χ2n) is 6.89. The molecule has 0 aliphatic carbocycles. The standard InChI is InChI=1S/C24H23NO5/c1-16-13-21(17(2)25(16)14-18-9-5-4-6-10-18)22(26)15-30-24(28)20-12-8-7-11-19(20)23(27)29-3/h4-13H,14-15H2,1-3H3. The van der Waals surface area contributed by atoms with Gasteiger partial charge in [-0.2, -0.15) is 0 Å². The largest absolute Gasteiger partial charge is 0.465 e. The van der Waals surface area contributed by atoms with Crippen molar-refractivity contribution in [2.24, 2.45) is 0 Å². The molecule has 0 aliphatic rings. The molecule has 0 unspecified atom stereocenters. The van der Waals surface area contributed by atoms with E-state index in [-0.39, 0.29) is 16.9 Å². The summed E-state index contributed by atoms with van der Waals surface area (Å²) in [7, 11) is 1.24. The van der Waals surface area contributed by atoms with Crippen molar-refractivity contribution in [1.82, 2.24) is 4.57 Å². The summed E-state index contributed by atoms with van der Waals surface area (Å²) in [6, 6.07) is 17.9. The second-order valence-corrected chi connectivity index (χ2v) is 6.89. The first kappa shape index (κ1) is 21.0. The van der Waals surface area contributed by atoms with Gasteiger partial charge in [0.15, 0.2) is 6.61 Å². The van der Waals surface area contributed by atoms with Gasteiger partial charge in [-0.05, 0) is 37.6 Å². The number of Topliss-reactive ketones (excluding diaryl/α,β-unsaturated/α-hetero) is 1. The Hall–Kier alpha value is -3.67. The number of methoxy groups -OCH3 is 1. The number of aryl methyl sites for hydroxylation is 1. The number of rotatable bonds is 7. The fraction of sp³-hybridized carbons (Fsp3) is 0.208. The summed E-state index contributed by atoms with van der Waals surface area (Å²) in [6.45, 7) is 4.05. The Labute approximate surface area is 175 Å². The maximum absolute atomic E-state index is 12.7. The summed E-state index contributed by atoms with van der Waals surface area (Å²) in [5.41, 5.74) is 3.56. The summed E-state index contributed by atoms with van der Waals surface area (Å²) < 4.78 is 11.9. The van der Waals surface area contributed by atoms with E-state index in [1.54, 1.807) is 18.2 Å². The number of aromatic nitrogens is 1. The van der Waals surface area contributed by atoms with Crippen molar-refractivity contribution < 1.29 is 23.9 Å². The Morgan fingerprint density at radius 3 is 2.07 bits per heavy atom. The van der Waals surface area contributed by atoms with Crippen LogP contribution in [0.1, 0.15) is 48.0 Å². The molecule has 0 radical (unpaired) electrons. The van der Waals surface area contributed by atoms with Crippen LogP contribution in [-0.2, 0) is 16.0 Å². The average Bonchev–Trinajstić information content (AvgIpc) is 3.05. The van der Waals surface area contributed by atoms with Crippen molar-refractivity contribution in [3.05, 3.63) is 94.3 Å². The molecule has 6 nitrogen and oxygen atoms in total. The van der Waals surface area contributed by atoms with Gasteiger partial charge in [-0.15, -0.1) is 0 Å². The Morgan fingerprint density at radius 1 is 0.833 bits per heavy atom. The molecule has 0 N–H and O–H groups in total. The van der Waals surface area contributed by atoms with Crippen LogP contribution in [0.25, 0.3) is 0 Å². The highest BCUT2D eigenvalue weighted by atomic mass is 16.5. The van der Waals surface area contributed by atoms with Crippen LogP contribution in [0.2, 0.25) is 0 Å². The summed E-state index contributed by atoms with van der Waals surface area (Å²) in [6.07, 6.45) is 0. The van der Waals surface area contributed by atoms with Gasteiger partial charge in [0.2, 0.25) is 5.78 Å². The van der Waals surface area contributed by atoms with Crippen molar-refractivity contribution in [3.8, 4) is 0 Å². The average molecular weight is 405 g/mol. The molecule has 0 aliphatic heterocycles. The third-order valence-corrected chi connectivity index (χ3v) is 4.94. The van der Waals surface area contributed by atoms with E-state index < -0.39 is 18.5 Å². The lowest BCUT2D eigenvalue weighted by Crippen LogP contribution is -2.17. The van der Waals surface area contributed by atoms with Crippen molar-refractivity contribution >= 4 is 17.7 Å². The molecule has 0 saturated heterocycles. The maximum atomic E-state index is 12.7. The van der Waals surface area contributed by atoms with Gasteiger partial charge in [0, 0.05) is 23.5 Å². The molecule has 0 amide bonds. The maximum Gasteiger partial charge on any atom is 0.339 e. The van der Waals surface area contributed by atoms with Crippen LogP contribution in [0.3, 0.4) is 0 Å². The van der Waals surface area contributed by atoms with E-state index in [1.807, 2.05) is 44.2 Å². The third-order valence-electron chi connectivity index (χ3n) is 4.94. The second kappa shape index (κ2) is 9.22. The molecule has 154 valence electrons. The SMILES string of the molecule is COC(=O)c1ccccc1C(=O)OCC(=O)c1cc(C)n(Cc2ccccc2)c1C. The number of hydrogen-bond acceptors (Lipinski definition) is 5. The molecule has 0 atom stereocenters. The van der Waals surface area contributed by atoms with E-state index in [0.29, 0.717) is 12.1 Å². The van der Waals surface area contributed by atoms with Crippen LogP contribution < -0.4 is 0 Å². The van der Waals surface area contributed by atoms with Crippen molar-refractivity contribution in [3.63, 3.8) is 0 Å². The van der Waals surface area contributed by atoms with Gasteiger partial charge >= 0.3 is 11.9 Å². The first-order valence-corrected chi connectivity index (χ1v) is 9.50. The molecular formula is C24H23NO5. The summed E-state index contributed by atoms with van der Waals surface area (Å²) in [5, 5.41) is 0. The molecule has 30 heavy (non-hydrogen) atoms. The zero-order valence-electron chi connectivity index (χ0n) is 17.2. The number of ether oxygens (including phenoxy) is 2. The Morgan fingerprint density at radius 2 is 1.43 bits per heavy atom. The summed E-state index contributed by atoms with van der Waals surface area (Å²) in [4.78, 5) is 37.0. The van der Waals surface area contributed by atoms with Crippen LogP contribution in [-0.4, -0.2) is 36.0 Å². The number of nitrogens with zero attached hydrogens (tertiary/aromatic N) is 1. The highest BCUT2D eigenvalue weighted by Gasteiger charge is 2.21. The first-order chi connectivity index (χ1) is 14.4. The van der Waals surface area contributed by atoms with Crippen molar-refractivity contribution in [2.75, 3.05) is 13.7 Å². The highest BCUT2D eigenvalue weighted by Crippen LogP contribution is 2.18. The minimum absolute atomic E-state index is 0.0618. The molecule has 1 heterocycles. The highest BCUT2D eigenvalue weighted by molar-refractivity contribution is 6.04. The van der Waals surface area contributed by atoms with Crippen LogP contribution in [0, 0.1) is 13.8 Å². The fourth-order valence-corrected chi connectivity index (χ4v) is 3.33. The molecule has 0 saturated carbocycles. The molecule has 0 spiro atoms. The Kier molecular flexibility index (Phi) is 6.47. The van der Waals surface area contributed by atoms with Crippen molar-refractivity contribution in [2.45, 2.75) is 20.4 Å². The topological polar surface area (TPSA) is 74.6 Å². The third kappa shape index (κ3) is 4.49. The van der Waals surface area contributed by atoms with Gasteiger partial charge in [0.1, 0.15) is 0 Å². The lowest BCUT2D eigenvalue weighted by atomic mass is 10.1. The van der Waals surface area contributed by atoms with E-state index in [1.165, 1.54) is 19.2 Å². The molecule has 2 aromatic carbocycles. The van der Waals surface area contributed by atoms with Gasteiger partial charge in [-0.1, -0.05) is 42.5 Å². The van der Waals surface area contributed by atoms with Crippen LogP contribution in [0.4, 0.5) is 0 Å². The van der Waals surface area contributed by atoms with Gasteiger partial charge < -0.3 is 14.0 Å². The fourth-order valence-electron chi connectivity index (χ4n) is 3.33. The summed E-state index contributed by atoms with van der Waals surface area (Å²) in [5.74, 6) is -1.69. The molecule has 6 heteroatoms. The van der Waals surface area contributed by atoms with Crippen LogP contribution in [0.15, 0.2) is 60.7 Å². The number of hydrogen-bond donors (Lipinski definition) is 0. The van der Waals surface area contributed by atoms with E-state index in [0.717, 1.165) is 17.0 Å². The zero-order valence-corrected chi connectivity index (χ0v) is 17.2. The number of carbonyl (C=O) groups excluding carboxylic acids is 3. The van der Waals surface area contributed by atoms with Gasteiger partial charge in [0.05, 0.1) is 18.2 Å². The Balaban J connectivity index is 1.72. The normalized spacial score (nSPS) is 10.5. The number of carbonyl (C=O) groups is 3. The van der Waals surface area contributed by atoms with E-state index >= 15 is 0 Å². The van der Waals surface area contributed by atoms with Gasteiger partial charge in [0.25, 0.3) is 0 Å². The minimum Gasteiger partial charge on any atom is -0.465 e. The molecular weight excluding hydrogens is 382 g/mol. The zero-order chi connectivity index (χ0) is 21.7. The minimum atomic E-state index is -0.748. The molecule has 3 aromatic rings. The monoisotopic (exact) mass is 405 g/mol. The predicted molar refractivity (Wildman–Crippen MR) is 112 cm³/mol. The summed E-state index contributed by atoms with van der Waals surface area (Å²) >= 11 is 0. The lowest BCUT2D eigenvalue weighted by Gasteiger charge is -2.10. The Bertz CT molecular complexity index is 1080. The van der Waals surface area contributed by atoms with Crippen LogP contribution in [0.5, 0.6) is 0 Å². The molecule has 0 fully saturated rings. The van der Waals surface area contributed by atoms with Crippen LogP contribution >= 0.6 is 0 Å². The van der Waals surface area contributed by atoms with Gasteiger partial charge in [-0.25, -0.2) is 9.59 Å². The first-order valence-electron chi connectivity index (χ1n) is 9.50. The molecule has 0 bridgehead atoms. The van der Waals surface area contributed by atoms with E-state index in [4.69, 9.17) is 4.74 Å². The smallest absolute Gasteiger partial charge is 0.339 e. The molecule has 1 aromatic heterocycles. The quantitative estimate of drug-likeness (QED) is 0.439. The van der Waals surface area contributed by atoms with E-state index in [2.05, 4.69) is 9.30 Å². The number of ketones is 1. The number of esters is 2. The predicted octanol–water partition coefficient (Wildman–Crippen LogP) is 3.98. The van der Waals surface area contributed by atoms with E-state index in [9.17, 15) is 14.4 Å². The molecule has 3 rings (SSSR count). The lowest BCUT2D eigenvalue weighted by molar-refractivity contribution is 0.0463. The van der Waals surface area contributed by atoms with Crippen molar-refractivity contribution in [1.29, 1.82) is 0 Å². The number of benzene rings is 2. The van der Waals surface area contributed by atoms with Gasteiger partial charge in [-0.3, -0.25) is 4.79 Å².